The van der Waals surface area contributed by atoms with Crippen LogP contribution in [0.1, 0.15) is 31.2 Å². The van der Waals surface area contributed by atoms with Gasteiger partial charge in [-0.25, -0.2) is 0 Å². The second-order valence-corrected chi connectivity index (χ2v) is 8.87. The minimum Gasteiger partial charge on any atom is -0.365 e. The van der Waals surface area contributed by atoms with Crippen molar-refractivity contribution in [3.8, 4) is 0 Å². The van der Waals surface area contributed by atoms with Crippen LogP contribution in [0.15, 0.2) is 54.6 Å². The molecular formula is C22H19ClN4O2S2. The van der Waals surface area contributed by atoms with Crippen LogP contribution in [0.2, 0.25) is 5.02 Å². The summed E-state index contributed by atoms with van der Waals surface area (Å²) in [6.45, 7) is 1.17. The Bertz CT molecular complexity index is 1160. The van der Waals surface area contributed by atoms with Crippen molar-refractivity contribution in [2.75, 3.05) is 17.2 Å². The van der Waals surface area contributed by atoms with Crippen LogP contribution in [-0.2, 0) is 13.0 Å². The molecule has 2 amide bonds. The van der Waals surface area contributed by atoms with E-state index in [1.165, 1.54) is 11.3 Å². The number of thiophene rings is 1. The van der Waals surface area contributed by atoms with E-state index in [0.29, 0.717) is 45.8 Å². The fraction of sp³-hybridized carbons (Fsp3) is 0.136. The molecule has 0 spiro atoms. The van der Waals surface area contributed by atoms with Crippen molar-refractivity contribution in [2.24, 2.45) is 5.73 Å². The first-order chi connectivity index (χ1) is 14.9. The molecule has 158 valence electrons. The van der Waals surface area contributed by atoms with Gasteiger partial charge < -0.3 is 21.3 Å². The van der Waals surface area contributed by atoms with Crippen LogP contribution in [0, 0.1) is 0 Å². The van der Waals surface area contributed by atoms with Crippen molar-refractivity contribution in [2.45, 2.75) is 13.0 Å². The molecule has 4 rings (SSSR count). The number of halogens is 1. The molecule has 0 radical (unpaired) electrons. The first kappa shape index (κ1) is 21.3. The monoisotopic (exact) mass is 470 g/mol. The van der Waals surface area contributed by atoms with Gasteiger partial charge in [0.25, 0.3) is 11.8 Å². The second-order valence-electron chi connectivity index (χ2n) is 6.97. The molecule has 1 aromatic heterocycles. The van der Waals surface area contributed by atoms with E-state index in [0.717, 1.165) is 16.1 Å². The molecule has 4 N–H and O–H groups in total. The predicted octanol–water partition coefficient (Wildman–Crippen LogP) is 4.51. The summed E-state index contributed by atoms with van der Waals surface area (Å²) >= 11 is 13.0. The van der Waals surface area contributed by atoms with E-state index in [-0.39, 0.29) is 5.91 Å². The number of hydrogen-bond donors (Lipinski definition) is 3. The highest BCUT2D eigenvalue weighted by Crippen LogP contribution is 2.37. The summed E-state index contributed by atoms with van der Waals surface area (Å²) in [7, 11) is 0. The van der Waals surface area contributed by atoms with Gasteiger partial charge in [-0.15, -0.1) is 11.3 Å². The summed E-state index contributed by atoms with van der Waals surface area (Å²) in [5.41, 5.74) is 8.14. The molecule has 1 aliphatic rings. The van der Waals surface area contributed by atoms with Gasteiger partial charge in [-0.05, 0) is 48.5 Å². The van der Waals surface area contributed by atoms with E-state index < -0.39 is 5.91 Å². The minimum atomic E-state index is -0.564. The Hall–Kier alpha value is -2.94. The lowest BCUT2D eigenvalue weighted by molar-refractivity contribution is 0.1000. The summed E-state index contributed by atoms with van der Waals surface area (Å²) in [6, 6.07) is 16.5. The normalized spacial score (nSPS) is 12.7. The molecule has 0 aliphatic carbocycles. The topological polar surface area (TPSA) is 87.5 Å². The number of amides is 2. The molecule has 0 atom stereocenters. The maximum absolute atomic E-state index is 12.7. The Kier molecular flexibility index (Phi) is 6.22. The molecule has 0 fully saturated rings. The third kappa shape index (κ3) is 4.56. The fourth-order valence-corrected chi connectivity index (χ4v) is 5.22. The van der Waals surface area contributed by atoms with E-state index in [1.54, 1.807) is 24.3 Å². The summed E-state index contributed by atoms with van der Waals surface area (Å²) in [6.07, 6.45) is 0.600. The van der Waals surface area contributed by atoms with Gasteiger partial charge in [-0.2, -0.15) is 0 Å². The summed E-state index contributed by atoms with van der Waals surface area (Å²) in [4.78, 5) is 27.9. The highest BCUT2D eigenvalue weighted by atomic mass is 35.5. The van der Waals surface area contributed by atoms with E-state index >= 15 is 0 Å². The standard InChI is InChI=1S/C22H19ClN4O2S2/c23-16-9-5-4-8-14(16)20(29)26-21-18(19(24)28)15-10-11-27(12-17(15)31-21)22(30)25-13-6-2-1-3-7-13/h1-9H,10-12H2,(H2,24,28)(H,25,30)(H,26,29). The van der Waals surface area contributed by atoms with E-state index in [9.17, 15) is 9.59 Å². The van der Waals surface area contributed by atoms with Crippen molar-refractivity contribution < 1.29 is 9.59 Å². The predicted molar refractivity (Wildman–Crippen MR) is 129 cm³/mol. The fourth-order valence-electron chi connectivity index (χ4n) is 3.47. The van der Waals surface area contributed by atoms with Crippen molar-refractivity contribution in [1.29, 1.82) is 0 Å². The number of nitrogens with zero attached hydrogens (tertiary/aromatic N) is 1. The van der Waals surface area contributed by atoms with Crippen molar-refractivity contribution in [1.82, 2.24) is 4.90 Å². The lowest BCUT2D eigenvalue weighted by atomic mass is 10.0. The van der Waals surface area contributed by atoms with Crippen LogP contribution < -0.4 is 16.4 Å². The highest BCUT2D eigenvalue weighted by molar-refractivity contribution is 7.80. The first-order valence-electron chi connectivity index (χ1n) is 9.55. The highest BCUT2D eigenvalue weighted by Gasteiger charge is 2.29. The average molecular weight is 471 g/mol. The minimum absolute atomic E-state index is 0.334. The molecule has 2 aromatic carbocycles. The Morgan fingerprint density at radius 3 is 2.48 bits per heavy atom. The number of nitrogens with one attached hydrogen (secondary N) is 2. The van der Waals surface area contributed by atoms with Gasteiger partial charge in [0.1, 0.15) is 5.00 Å². The van der Waals surface area contributed by atoms with E-state index in [4.69, 9.17) is 29.6 Å². The maximum Gasteiger partial charge on any atom is 0.257 e. The van der Waals surface area contributed by atoms with Crippen LogP contribution >= 0.6 is 35.2 Å². The van der Waals surface area contributed by atoms with Gasteiger partial charge in [0.2, 0.25) is 0 Å². The molecule has 0 saturated carbocycles. The lowest BCUT2D eigenvalue weighted by Gasteiger charge is -2.29. The van der Waals surface area contributed by atoms with Crippen LogP contribution in [0.5, 0.6) is 0 Å². The molecule has 0 unspecified atom stereocenters. The number of carbonyl (C=O) groups excluding carboxylic acids is 2. The Labute approximate surface area is 194 Å². The number of hydrogen-bond acceptors (Lipinski definition) is 4. The quantitative estimate of drug-likeness (QED) is 0.488. The number of fused-ring (bicyclic) bond motifs is 1. The Morgan fingerprint density at radius 1 is 1.06 bits per heavy atom. The van der Waals surface area contributed by atoms with Gasteiger partial charge in [0.05, 0.1) is 22.7 Å². The summed E-state index contributed by atoms with van der Waals surface area (Å²) < 4.78 is 0. The molecule has 9 heteroatoms. The number of para-hydroxylation sites is 1. The number of thiocarbonyl (C=S) groups is 1. The van der Waals surface area contributed by atoms with Gasteiger partial charge in [-0.1, -0.05) is 41.9 Å². The number of nitrogens with two attached hydrogens (primary N) is 1. The molecule has 6 nitrogen and oxygen atoms in total. The Balaban J connectivity index is 1.56. The molecule has 31 heavy (non-hydrogen) atoms. The van der Waals surface area contributed by atoms with Crippen molar-refractivity contribution in [3.63, 3.8) is 0 Å². The summed E-state index contributed by atoms with van der Waals surface area (Å²) in [5.74, 6) is -0.949. The number of carbonyl (C=O) groups is 2. The number of benzene rings is 2. The largest absolute Gasteiger partial charge is 0.365 e. The zero-order valence-electron chi connectivity index (χ0n) is 16.4. The zero-order chi connectivity index (χ0) is 22.0. The number of anilines is 2. The van der Waals surface area contributed by atoms with Gasteiger partial charge in [0.15, 0.2) is 5.11 Å². The zero-order valence-corrected chi connectivity index (χ0v) is 18.7. The van der Waals surface area contributed by atoms with Crippen molar-refractivity contribution >= 4 is 62.8 Å². The molecule has 1 aliphatic heterocycles. The van der Waals surface area contributed by atoms with Crippen LogP contribution in [-0.4, -0.2) is 28.4 Å². The van der Waals surface area contributed by atoms with Crippen molar-refractivity contribution in [3.05, 3.63) is 81.2 Å². The van der Waals surface area contributed by atoms with Gasteiger partial charge >= 0.3 is 0 Å². The van der Waals surface area contributed by atoms with E-state index in [2.05, 4.69) is 10.6 Å². The first-order valence-corrected chi connectivity index (χ1v) is 11.2. The van der Waals surface area contributed by atoms with Gasteiger partial charge in [-0.3, -0.25) is 9.59 Å². The summed E-state index contributed by atoms with van der Waals surface area (Å²) in [5, 5.41) is 7.43. The maximum atomic E-state index is 12.7. The average Bonchev–Trinajstić information content (AvgIpc) is 3.11. The Morgan fingerprint density at radius 2 is 1.77 bits per heavy atom. The molecule has 0 bridgehead atoms. The second kappa shape index (κ2) is 9.05. The third-order valence-corrected chi connectivity index (χ3v) is 6.78. The molecular weight excluding hydrogens is 452 g/mol. The van der Waals surface area contributed by atoms with Gasteiger partial charge in [0, 0.05) is 17.1 Å². The molecule has 2 heterocycles. The van der Waals surface area contributed by atoms with Crippen LogP contribution in [0.25, 0.3) is 0 Å². The lowest BCUT2D eigenvalue weighted by Crippen LogP contribution is -2.38. The SMILES string of the molecule is NC(=O)c1c(NC(=O)c2ccccc2Cl)sc2c1CCN(C(=S)Nc1ccccc1)C2. The number of primary amides is 1. The smallest absolute Gasteiger partial charge is 0.257 e. The van der Waals surface area contributed by atoms with E-state index in [1.807, 2.05) is 35.2 Å². The molecule has 3 aromatic rings. The number of rotatable bonds is 4. The van der Waals surface area contributed by atoms with Crippen LogP contribution in [0.4, 0.5) is 10.7 Å². The third-order valence-electron chi connectivity index (χ3n) is 4.96. The molecule has 0 saturated heterocycles. The van der Waals surface area contributed by atoms with Crippen LogP contribution in [0.3, 0.4) is 0 Å².